The van der Waals surface area contributed by atoms with E-state index >= 15 is 0 Å². The highest BCUT2D eigenvalue weighted by atomic mass is 16.3. The molecule has 4 rings (SSSR count). The van der Waals surface area contributed by atoms with Crippen LogP contribution in [0.5, 0.6) is 0 Å². The molecule has 4 fully saturated rings. The van der Waals surface area contributed by atoms with Gasteiger partial charge in [0.15, 0.2) is 0 Å². The molecule has 0 aromatic heterocycles. The van der Waals surface area contributed by atoms with E-state index < -0.39 is 5.41 Å². The minimum absolute atomic E-state index is 0.0466. The van der Waals surface area contributed by atoms with Gasteiger partial charge in [-0.2, -0.15) is 0 Å². The number of carbonyl (C=O) groups excluding carboxylic acids is 2. The number of Topliss-reactive ketones (excluding diaryl/α,β-unsaturated/α-hetero) is 2. The van der Waals surface area contributed by atoms with Gasteiger partial charge >= 0.3 is 0 Å². The lowest BCUT2D eigenvalue weighted by Gasteiger charge is -2.60. The number of fused-ring (bicyclic) bond motifs is 5. The van der Waals surface area contributed by atoms with Crippen LogP contribution in [0.2, 0.25) is 0 Å². The molecule has 1 N–H and O–H groups in total. The lowest BCUT2D eigenvalue weighted by Crippen LogP contribution is -2.57. The molecule has 0 amide bonds. The van der Waals surface area contributed by atoms with Gasteiger partial charge in [-0.25, -0.2) is 0 Å². The Hall–Kier alpha value is -0.700. The highest BCUT2D eigenvalue weighted by molar-refractivity contribution is 5.93. The third-order valence-corrected chi connectivity index (χ3v) is 8.99. The van der Waals surface area contributed by atoms with E-state index in [4.69, 9.17) is 0 Å². The Morgan fingerprint density at radius 2 is 1.83 bits per heavy atom. The molecule has 24 heavy (non-hydrogen) atoms. The molecule has 134 valence electrons. The lowest BCUT2D eigenvalue weighted by atomic mass is 9.44. The molecule has 0 spiro atoms. The van der Waals surface area contributed by atoms with Gasteiger partial charge in [0.05, 0.1) is 6.10 Å². The Bertz CT molecular complexity index is 569. The second kappa shape index (κ2) is 5.40. The summed E-state index contributed by atoms with van der Waals surface area (Å²) >= 11 is 0. The van der Waals surface area contributed by atoms with Crippen molar-refractivity contribution in [1.82, 2.24) is 0 Å². The van der Waals surface area contributed by atoms with Gasteiger partial charge in [0.25, 0.3) is 0 Å². The van der Waals surface area contributed by atoms with Gasteiger partial charge in [-0.1, -0.05) is 13.8 Å². The molecule has 0 aromatic carbocycles. The van der Waals surface area contributed by atoms with E-state index in [1.54, 1.807) is 6.92 Å². The highest BCUT2D eigenvalue weighted by Crippen LogP contribution is 2.66. The van der Waals surface area contributed by atoms with Crippen LogP contribution in [-0.4, -0.2) is 22.8 Å². The number of carbonyl (C=O) groups is 2. The lowest BCUT2D eigenvalue weighted by molar-refractivity contribution is -0.161. The van der Waals surface area contributed by atoms with Crippen LogP contribution < -0.4 is 0 Å². The van der Waals surface area contributed by atoms with Crippen LogP contribution in [-0.2, 0) is 9.59 Å². The predicted octanol–water partition coefficient (Wildman–Crippen LogP) is 3.77. The second-order valence-electron chi connectivity index (χ2n) is 9.74. The Morgan fingerprint density at radius 1 is 1.08 bits per heavy atom. The maximum atomic E-state index is 13.2. The number of ketones is 2. The van der Waals surface area contributed by atoms with Gasteiger partial charge < -0.3 is 5.11 Å². The largest absolute Gasteiger partial charge is 0.393 e. The summed E-state index contributed by atoms with van der Waals surface area (Å²) in [6, 6.07) is 0. The van der Waals surface area contributed by atoms with Gasteiger partial charge in [-0.05, 0) is 81.0 Å². The Balaban J connectivity index is 1.68. The molecule has 4 unspecified atom stereocenters. The maximum Gasteiger partial charge on any atom is 0.140 e. The van der Waals surface area contributed by atoms with Crippen molar-refractivity contribution in [1.29, 1.82) is 0 Å². The zero-order valence-corrected chi connectivity index (χ0v) is 15.4. The predicted molar refractivity (Wildman–Crippen MR) is 92.3 cm³/mol. The first-order valence-electron chi connectivity index (χ1n) is 10.00. The SMILES string of the molecule is CC(=O)[C@H]1CCC2C3CCC4C[C@@H](O)CC[C@]4(C)C3CC(=O)[C@@]21C. The zero-order chi connectivity index (χ0) is 17.3. The average molecular weight is 332 g/mol. The van der Waals surface area contributed by atoms with Crippen LogP contribution in [0.3, 0.4) is 0 Å². The summed E-state index contributed by atoms with van der Waals surface area (Å²) < 4.78 is 0. The van der Waals surface area contributed by atoms with Crippen LogP contribution in [0.25, 0.3) is 0 Å². The second-order valence-corrected chi connectivity index (χ2v) is 9.74. The first-order chi connectivity index (χ1) is 11.3. The van der Waals surface area contributed by atoms with Crippen LogP contribution >= 0.6 is 0 Å². The summed E-state index contributed by atoms with van der Waals surface area (Å²) in [6.45, 7) is 6.18. The molecule has 0 bridgehead atoms. The van der Waals surface area contributed by atoms with Crippen molar-refractivity contribution >= 4 is 11.6 Å². The number of aliphatic hydroxyl groups excluding tert-OH is 1. The highest BCUT2D eigenvalue weighted by Gasteiger charge is 2.64. The minimum Gasteiger partial charge on any atom is -0.393 e. The van der Waals surface area contributed by atoms with Crippen LogP contribution in [0.1, 0.15) is 72.1 Å². The summed E-state index contributed by atoms with van der Waals surface area (Å²) in [5.74, 6) is 2.59. The molecule has 0 aromatic rings. The molecule has 0 saturated heterocycles. The molecule has 4 aliphatic carbocycles. The minimum atomic E-state index is -0.398. The van der Waals surface area contributed by atoms with Crippen LogP contribution in [0.4, 0.5) is 0 Å². The molecule has 4 saturated carbocycles. The molecule has 0 heterocycles. The molecular weight excluding hydrogens is 300 g/mol. The van der Waals surface area contributed by atoms with Crippen molar-refractivity contribution < 1.29 is 14.7 Å². The van der Waals surface area contributed by atoms with Crippen molar-refractivity contribution in [3.63, 3.8) is 0 Å². The summed E-state index contributed by atoms with van der Waals surface area (Å²) in [4.78, 5) is 25.4. The standard InChI is InChI=1S/C21H32O3/c1-12(22)16-6-7-17-15-5-4-13-10-14(23)8-9-20(13,2)18(15)11-19(24)21(16,17)3/h13-18,23H,4-11H2,1-3H3/t13?,14-,15?,16+,17?,18?,20-,21+/m0/s1. The maximum absolute atomic E-state index is 13.2. The molecule has 3 nitrogen and oxygen atoms in total. The Morgan fingerprint density at radius 3 is 2.54 bits per heavy atom. The number of rotatable bonds is 1. The summed E-state index contributed by atoms with van der Waals surface area (Å²) in [7, 11) is 0. The average Bonchev–Trinajstić information content (AvgIpc) is 2.88. The van der Waals surface area contributed by atoms with Crippen molar-refractivity contribution in [3.8, 4) is 0 Å². The number of aliphatic hydroxyl groups is 1. The van der Waals surface area contributed by atoms with Crippen molar-refractivity contribution in [3.05, 3.63) is 0 Å². The van der Waals surface area contributed by atoms with E-state index in [0.29, 0.717) is 35.9 Å². The summed E-state index contributed by atoms with van der Waals surface area (Å²) in [6.07, 6.45) is 7.75. The summed E-state index contributed by atoms with van der Waals surface area (Å²) in [5, 5.41) is 10.1. The van der Waals surface area contributed by atoms with E-state index in [-0.39, 0.29) is 23.2 Å². The third-order valence-electron chi connectivity index (χ3n) is 8.99. The van der Waals surface area contributed by atoms with Gasteiger partial charge in [0.2, 0.25) is 0 Å². The van der Waals surface area contributed by atoms with Crippen molar-refractivity contribution in [2.24, 2.45) is 40.4 Å². The van der Waals surface area contributed by atoms with E-state index in [1.807, 2.05) is 0 Å². The van der Waals surface area contributed by atoms with Crippen molar-refractivity contribution in [2.75, 3.05) is 0 Å². The number of hydrogen-bond acceptors (Lipinski definition) is 3. The number of hydrogen-bond donors (Lipinski definition) is 1. The smallest absolute Gasteiger partial charge is 0.140 e. The quantitative estimate of drug-likeness (QED) is 0.795. The molecular formula is C21H32O3. The van der Waals surface area contributed by atoms with E-state index in [1.165, 1.54) is 12.8 Å². The fourth-order valence-corrected chi connectivity index (χ4v) is 7.59. The fourth-order valence-electron chi connectivity index (χ4n) is 7.59. The molecule has 4 aliphatic rings. The zero-order valence-electron chi connectivity index (χ0n) is 15.4. The fraction of sp³-hybridized carbons (Fsp3) is 0.905. The molecule has 3 heteroatoms. The first kappa shape index (κ1) is 16.8. The normalized spacial score (nSPS) is 53.9. The van der Waals surface area contributed by atoms with Crippen LogP contribution in [0.15, 0.2) is 0 Å². The Labute approximate surface area is 145 Å². The molecule has 0 aliphatic heterocycles. The third kappa shape index (κ3) is 2.06. The van der Waals surface area contributed by atoms with Gasteiger partial charge in [0, 0.05) is 17.8 Å². The first-order valence-corrected chi connectivity index (χ1v) is 10.00. The van der Waals surface area contributed by atoms with Gasteiger partial charge in [0.1, 0.15) is 11.6 Å². The molecule has 0 radical (unpaired) electrons. The van der Waals surface area contributed by atoms with E-state index in [9.17, 15) is 14.7 Å². The Kier molecular flexibility index (Phi) is 3.77. The topological polar surface area (TPSA) is 54.4 Å². The molecule has 8 atom stereocenters. The summed E-state index contributed by atoms with van der Waals surface area (Å²) in [5.41, 5.74) is -0.183. The van der Waals surface area contributed by atoms with Gasteiger partial charge in [-0.15, -0.1) is 0 Å². The van der Waals surface area contributed by atoms with E-state index in [0.717, 1.165) is 32.1 Å². The van der Waals surface area contributed by atoms with Crippen molar-refractivity contribution in [2.45, 2.75) is 78.2 Å². The van der Waals surface area contributed by atoms with Crippen LogP contribution in [0, 0.1) is 40.4 Å². The van der Waals surface area contributed by atoms with Gasteiger partial charge in [-0.3, -0.25) is 9.59 Å². The monoisotopic (exact) mass is 332 g/mol. The van der Waals surface area contributed by atoms with E-state index in [2.05, 4.69) is 13.8 Å².